The molecule has 0 aliphatic carbocycles. The fourth-order valence-corrected chi connectivity index (χ4v) is 2.69. The smallest absolute Gasteiger partial charge is 0.253 e. The van der Waals surface area contributed by atoms with E-state index < -0.39 is 0 Å². The van der Waals surface area contributed by atoms with Crippen LogP contribution >= 0.6 is 15.9 Å². The van der Waals surface area contributed by atoms with Crippen molar-refractivity contribution >= 4 is 45.0 Å². The third-order valence-electron chi connectivity index (χ3n) is 3.72. The van der Waals surface area contributed by atoms with Crippen LogP contribution in [0.25, 0.3) is 0 Å². The van der Waals surface area contributed by atoms with Crippen molar-refractivity contribution in [2.45, 2.75) is 0 Å². The van der Waals surface area contributed by atoms with Gasteiger partial charge in [-0.15, -0.1) is 0 Å². The van der Waals surface area contributed by atoms with Gasteiger partial charge in [0.25, 0.3) is 5.91 Å². The lowest BCUT2D eigenvalue weighted by molar-refractivity contribution is 0.0964. The number of aromatic nitrogens is 2. The van der Waals surface area contributed by atoms with Crippen LogP contribution in [0.2, 0.25) is 0 Å². The summed E-state index contributed by atoms with van der Waals surface area (Å²) < 4.78 is 5.89. The molecule has 3 rings (SSSR count). The molecule has 0 radical (unpaired) electrons. The van der Waals surface area contributed by atoms with Gasteiger partial charge < -0.3 is 20.7 Å². The zero-order valence-corrected chi connectivity index (χ0v) is 16.4. The van der Waals surface area contributed by atoms with Crippen LogP contribution in [0.3, 0.4) is 0 Å². The number of hydrogen-bond donors (Lipinski definition) is 3. The number of carbonyl (C=O) groups is 1. The summed E-state index contributed by atoms with van der Waals surface area (Å²) >= 11 is 3.44. The molecule has 138 valence electrons. The molecule has 0 spiro atoms. The van der Waals surface area contributed by atoms with Crippen LogP contribution < -0.4 is 20.7 Å². The highest BCUT2D eigenvalue weighted by molar-refractivity contribution is 9.10. The van der Waals surface area contributed by atoms with Gasteiger partial charge in [0.05, 0.1) is 22.8 Å². The number of hydrogen-bond acceptors (Lipinski definition) is 6. The van der Waals surface area contributed by atoms with Crippen LogP contribution in [0, 0.1) is 0 Å². The van der Waals surface area contributed by atoms with Crippen LogP contribution in [0.1, 0.15) is 10.4 Å². The largest absolute Gasteiger partial charge is 0.497 e. The molecule has 0 unspecified atom stereocenters. The summed E-state index contributed by atoms with van der Waals surface area (Å²) in [5.74, 6) is 1.49. The van der Waals surface area contributed by atoms with E-state index in [1.807, 2.05) is 36.4 Å². The maximum atomic E-state index is 12.1. The molecular weight excluding hydrogens is 410 g/mol. The molecule has 3 N–H and O–H groups in total. The molecule has 3 aromatic rings. The second-order valence-electron chi connectivity index (χ2n) is 5.50. The minimum Gasteiger partial charge on any atom is -0.497 e. The maximum absolute atomic E-state index is 12.1. The van der Waals surface area contributed by atoms with E-state index in [2.05, 4.69) is 41.8 Å². The molecule has 27 heavy (non-hydrogen) atoms. The molecule has 0 saturated heterocycles. The first-order valence-electron chi connectivity index (χ1n) is 8.12. The fraction of sp³-hybridized carbons (Fsp3) is 0.105. The van der Waals surface area contributed by atoms with Crippen LogP contribution in [-0.2, 0) is 0 Å². The first kappa shape index (κ1) is 18.7. The zero-order valence-electron chi connectivity index (χ0n) is 14.8. The average Bonchev–Trinajstić information content (AvgIpc) is 2.70. The Labute approximate surface area is 165 Å². The van der Waals surface area contributed by atoms with Crippen LogP contribution in [0.5, 0.6) is 5.75 Å². The zero-order chi connectivity index (χ0) is 19.2. The van der Waals surface area contributed by atoms with Gasteiger partial charge in [-0.25, -0.2) is 4.98 Å². The average molecular weight is 428 g/mol. The van der Waals surface area contributed by atoms with E-state index in [9.17, 15) is 4.79 Å². The summed E-state index contributed by atoms with van der Waals surface area (Å²) in [6, 6.07) is 14.7. The second kappa shape index (κ2) is 8.50. The molecule has 0 bridgehead atoms. The number of para-hydroxylation sites is 1. The minimum atomic E-state index is -0.182. The van der Waals surface area contributed by atoms with Crippen molar-refractivity contribution < 1.29 is 9.53 Å². The van der Waals surface area contributed by atoms with E-state index in [1.54, 1.807) is 32.5 Å². The normalized spacial score (nSPS) is 10.2. The van der Waals surface area contributed by atoms with Crippen molar-refractivity contribution in [1.82, 2.24) is 15.3 Å². The number of rotatable bonds is 6. The summed E-state index contributed by atoms with van der Waals surface area (Å²) in [5, 5.41) is 8.95. The summed E-state index contributed by atoms with van der Waals surface area (Å²) in [5.41, 5.74) is 1.96. The SMILES string of the molecule is CNC(=O)c1ccccc1Nc1nc(Nc2cccc(OC)c2)ncc1Br. The van der Waals surface area contributed by atoms with Crippen molar-refractivity contribution in [2.75, 3.05) is 24.8 Å². The van der Waals surface area contributed by atoms with Crippen molar-refractivity contribution in [3.05, 3.63) is 64.8 Å². The molecule has 2 aromatic carbocycles. The molecular formula is C19H18BrN5O2. The molecule has 0 aliphatic rings. The van der Waals surface area contributed by atoms with Gasteiger partial charge in [-0.2, -0.15) is 4.98 Å². The number of carbonyl (C=O) groups excluding carboxylic acids is 1. The Hall–Kier alpha value is -3.13. The molecule has 0 aliphatic heterocycles. The third kappa shape index (κ3) is 4.53. The highest BCUT2D eigenvalue weighted by Crippen LogP contribution is 2.27. The van der Waals surface area contributed by atoms with Gasteiger partial charge in [-0.1, -0.05) is 18.2 Å². The van der Waals surface area contributed by atoms with Gasteiger partial charge in [0.1, 0.15) is 11.6 Å². The molecule has 7 nitrogen and oxygen atoms in total. The molecule has 8 heteroatoms. The number of methoxy groups -OCH3 is 1. The lowest BCUT2D eigenvalue weighted by Gasteiger charge is -2.13. The predicted octanol–water partition coefficient (Wildman–Crippen LogP) is 4.09. The van der Waals surface area contributed by atoms with E-state index in [4.69, 9.17) is 4.74 Å². The Morgan fingerprint density at radius 3 is 2.70 bits per heavy atom. The second-order valence-corrected chi connectivity index (χ2v) is 6.35. The molecule has 0 fully saturated rings. The van der Waals surface area contributed by atoms with E-state index in [0.29, 0.717) is 27.5 Å². The van der Waals surface area contributed by atoms with Gasteiger partial charge in [0.15, 0.2) is 0 Å². The van der Waals surface area contributed by atoms with Crippen LogP contribution in [0.15, 0.2) is 59.2 Å². The molecule has 0 atom stereocenters. The number of anilines is 4. The molecule has 1 amide bonds. The number of nitrogens with zero attached hydrogens (tertiary/aromatic N) is 2. The van der Waals surface area contributed by atoms with Crippen molar-refractivity contribution in [3.63, 3.8) is 0 Å². The van der Waals surface area contributed by atoms with Gasteiger partial charge in [-0.3, -0.25) is 4.79 Å². The Balaban J connectivity index is 1.87. The topological polar surface area (TPSA) is 88.2 Å². The van der Waals surface area contributed by atoms with E-state index in [1.165, 1.54) is 0 Å². The van der Waals surface area contributed by atoms with Crippen molar-refractivity contribution in [2.24, 2.45) is 0 Å². The van der Waals surface area contributed by atoms with Crippen LogP contribution in [0.4, 0.5) is 23.1 Å². The van der Waals surface area contributed by atoms with Gasteiger partial charge in [0.2, 0.25) is 5.95 Å². The van der Waals surface area contributed by atoms with Crippen LogP contribution in [-0.4, -0.2) is 30.0 Å². The third-order valence-corrected chi connectivity index (χ3v) is 4.30. The lowest BCUT2D eigenvalue weighted by Crippen LogP contribution is -2.19. The standard InChI is InChI=1S/C19H18BrN5O2/c1-21-18(26)14-8-3-4-9-16(14)24-17-15(20)11-22-19(25-17)23-12-6-5-7-13(10-12)27-2/h3-11H,1-2H3,(H,21,26)(H2,22,23,24,25). The number of amides is 1. The summed E-state index contributed by atoms with van der Waals surface area (Å²) in [7, 11) is 3.21. The fourth-order valence-electron chi connectivity index (χ4n) is 2.40. The Bertz CT molecular complexity index is 964. The summed E-state index contributed by atoms with van der Waals surface area (Å²) in [6.07, 6.45) is 1.64. The number of nitrogens with one attached hydrogen (secondary N) is 3. The molecule has 0 saturated carbocycles. The highest BCUT2D eigenvalue weighted by atomic mass is 79.9. The Morgan fingerprint density at radius 2 is 1.93 bits per heavy atom. The first-order valence-corrected chi connectivity index (χ1v) is 8.91. The Kier molecular flexibility index (Phi) is 5.87. The van der Waals surface area contributed by atoms with Crippen molar-refractivity contribution in [1.29, 1.82) is 0 Å². The van der Waals surface area contributed by atoms with Gasteiger partial charge in [0, 0.05) is 25.0 Å². The van der Waals surface area contributed by atoms with Gasteiger partial charge >= 0.3 is 0 Å². The lowest BCUT2D eigenvalue weighted by atomic mass is 10.1. The number of halogens is 1. The van der Waals surface area contributed by atoms with E-state index in [0.717, 1.165) is 11.4 Å². The highest BCUT2D eigenvalue weighted by Gasteiger charge is 2.12. The predicted molar refractivity (Wildman–Crippen MR) is 109 cm³/mol. The van der Waals surface area contributed by atoms with Gasteiger partial charge in [-0.05, 0) is 40.2 Å². The van der Waals surface area contributed by atoms with E-state index >= 15 is 0 Å². The maximum Gasteiger partial charge on any atom is 0.253 e. The summed E-state index contributed by atoms with van der Waals surface area (Å²) in [4.78, 5) is 20.8. The first-order chi connectivity index (χ1) is 13.1. The van der Waals surface area contributed by atoms with Crippen molar-refractivity contribution in [3.8, 4) is 5.75 Å². The molecule has 1 aromatic heterocycles. The number of ether oxygens (including phenoxy) is 1. The van der Waals surface area contributed by atoms with E-state index in [-0.39, 0.29) is 5.91 Å². The number of benzene rings is 2. The minimum absolute atomic E-state index is 0.182. The quantitative estimate of drug-likeness (QED) is 0.548. The monoisotopic (exact) mass is 427 g/mol. The summed E-state index contributed by atoms with van der Waals surface area (Å²) in [6.45, 7) is 0. The molecule has 1 heterocycles. The Morgan fingerprint density at radius 1 is 1.11 bits per heavy atom.